The number of rotatable bonds is 14. The minimum atomic E-state index is -4.68. The van der Waals surface area contributed by atoms with E-state index >= 15 is 0 Å². The van der Waals surface area contributed by atoms with Gasteiger partial charge in [-0.3, -0.25) is 18.2 Å². The summed E-state index contributed by atoms with van der Waals surface area (Å²) >= 11 is 0. The van der Waals surface area contributed by atoms with Gasteiger partial charge < -0.3 is 24.8 Å². The standard InChI is InChI=1S/C31H28N2O12S2/c1-44-21-8-12-23(13-9-21)46(40,41)32(18-29(36)37)27-17-20(7-16-28(34)35)31(26-6-4-3-5-25(26)27)33(19-30(38)39)47(42,43)24-14-10-22(45-2)11-15-24/h3-17H,18-19H2,1-2H3,(H,34,35)(H,36,37)(H,38,39)/b16-7+. The van der Waals surface area contributed by atoms with Gasteiger partial charge in [0, 0.05) is 22.4 Å². The Hall–Kier alpha value is -5.61. The van der Waals surface area contributed by atoms with Crippen molar-refractivity contribution in [2.75, 3.05) is 35.9 Å². The molecule has 4 aromatic rings. The molecule has 0 atom stereocenters. The SMILES string of the molecule is COc1ccc(S(=O)(=O)N(CC(=O)O)c2cc(/C=C/C(=O)O)c(N(CC(=O)O)S(=O)(=O)c3ccc(OC)cc3)c3ccccc23)cc1. The molecule has 0 saturated carbocycles. The molecule has 0 aromatic heterocycles. The Bertz CT molecular complexity index is 2080. The molecular formula is C31H28N2O12S2. The molecule has 0 aliphatic carbocycles. The monoisotopic (exact) mass is 684 g/mol. The van der Waals surface area contributed by atoms with Gasteiger partial charge in [0.25, 0.3) is 20.0 Å². The van der Waals surface area contributed by atoms with Crippen molar-refractivity contribution in [3.63, 3.8) is 0 Å². The summed E-state index contributed by atoms with van der Waals surface area (Å²) in [6, 6.07) is 17.1. The van der Waals surface area contributed by atoms with E-state index in [9.17, 15) is 46.5 Å². The summed E-state index contributed by atoms with van der Waals surface area (Å²) < 4.78 is 67.3. The van der Waals surface area contributed by atoms with Gasteiger partial charge in [0.15, 0.2) is 0 Å². The van der Waals surface area contributed by atoms with E-state index in [1.807, 2.05) is 0 Å². The number of carboxylic acids is 3. The summed E-state index contributed by atoms with van der Waals surface area (Å²) in [5.74, 6) is -3.89. The predicted molar refractivity (Wildman–Crippen MR) is 171 cm³/mol. The second-order valence-corrected chi connectivity index (χ2v) is 13.4. The van der Waals surface area contributed by atoms with Gasteiger partial charge in [-0.2, -0.15) is 0 Å². The van der Waals surface area contributed by atoms with Crippen molar-refractivity contribution in [3.8, 4) is 11.5 Å². The maximum atomic E-state index is 14.0. The molecular weight excluding hydrogens is 656 g/mol. The van der Waals surface area contributed by atoms with Crippen LogP contribution in [0.2, 0.25) is 0 Å². The Kier molecular flexibility index (Phi) is 10.1. The molecule has 0 bridgehead atoms. The van der Waals surface area contributed by atoms with Gasteiger partial charge in [-0.05, 0) is 60.7 Å². The summed E-state index contributed by atoms with van der Waals surface area (Å²) in [6.07, 6.45) is 1.61. The molecule has 47 heavy (non-hydrogen) atoms. The zero-order chi connectivity index (χ0) is 34.5. The fourth-order valence-corrected chi connectivity index (χ4v) is 7.60. The zero-order valence-corrected chi connectivity index (χ0v) is 26.4. The van der Waals surface area contributed by atoms with E-state index in [0.717, 1.165) is 12.1 Å². The highest BCUT2D eigenvalue weighted by Gasteiger charge is 2.34. The molecule has 0 aliphatic rings. The van der Waals surface area contributed by atoms with Gasteiger partial charge in [-0.25, -0.2) is 21.6 Å². The van der Waals surface area contributed by atoms with Gasteiger partial charge in [-0.15, -0.1) is 0 Å². The van der Waals surface area contributed by atoms with E-state index < -0.39 is 51.0 Å². The molecule has 16 heteroatoms. The van der Waals surface area contributed by atoms with Gasteiger partial charge in [0.2, 0.25) is 0 Å². The van der Waals surface area contributed by atoms with E-state index in [-0.39, 0.29) is 37.5 Å². The number of sulfonamides is 2. The van der Waals surface area contributed by atoms with Crippen molar-refractivity contribution in [1.82, 2.24) is 0 Å². The molecule has 0 radical (unpaired) electrons. The number of carbonyl (C=O) groups is 3. The number of methoxy groups -OCH3 is 2. The van der Waals surface area contributed by atoms with Crippen LogP contribution >= 0.6 is 0 Å². The Balaban J connectivity index is 2.10. The van der Waals surface area contributed by atoms with E-state index in [0.29, 0.717) is 26.2 Å². The smallest absolute Gasteiger partial charge is 0.328 e. The van der Waals surface area contributed by atoms with Crippen LogP contribution in [0.3, 0.4) is 0 Å². The highest BCUT2D eigenvalue weighted by molar-refractivity contribution is 7.93. The van der Waals surface area contributed by atoms with Crippen LogP contribution in [0.25, 0.3) is 16.8 Å². The van der Waals surface area contributed by atoms with Crippen molar-refractivity contribution in [1.29, 1.82) is 0 Å². The van der Waals surface area contributed by atoms with E-state index in [1.165, 1.54) is 87.0 Å². The average Bonchev–Trinajstić information content (AvgIpc) is 3.04. The van der Waals surface area contributed by atoms with E-state index in [2.05, 4.69) is 0 Å². The summed E-state index contributed by atoms with van der Waals surface area (Å²) in [4.78, 5) is 35.1. The Morgan fingerprint density at radius 3 is 1.57 bits per heavy atom. The second-order valence-electron chi connectivity index (χ2n) is 9.71. The molecule has 246 valence electrons. The zero-order valence-electron chi connectivity index (χ0n) is 24.8. The Labute approximate surface area is 269 Å². The van der Waals surface area contributed by atoms with Crippen LogP contribution in [-0.2, 0) is 34.4 Å². The van der Waals surface area contributed by atoms with Crippen LogP contribution in [0.15, 0.2) is 94.7 Å². The van der Waals surface area contributed by atoms with Crippen LogP contribution in [0.1, 0.15) is 5.56 Å². The van der Waals surface area contributed by atoms with Crippen molar-refractivity contribution < 1.29 is 56.0 Å². The third-order valence-corrected chi connectivity index (χ3v) is 10.3. The largest absolute Gasteiger partial charge is 0.497 e. The summed E-state index contributed by atoms with van der Waals surface area (Å²) in [5.41, 5.74) is -0.776. The number of benzene rings is 4. The highest BCUT2D eigenvalue weighted by atomic mass is 32.2. The number of aliphatic carboxylic acids is 3. The first-order chi connectivity index (χ1) is 22.2. The molecule has 14 nitrogen and oxygen atoms in total. The number of hydrogen-bond acceptors (Lipinski definition) is 9. The van der Waals surface area contributed by atoms with Gasteiger partial charge in [0.05, 0.1) is 35.4 Å². The van der Waals surface area contributed by atoms with Crippen molar-refractivity contribution in [2.24, 2.45) is 0 Å². The maximum Gasteiger partial charge on any atom is 0.328 e. The Morgan fingerprint density at radius 2 is 1.13 bits per heavy atom. The number of carboxylic acid groups (broad SMARTS) is 3. The first kappa shape index (κ1) is 34.3. The lowest BCUT2D eigenvalue weighted by atomic mass is 10.0. The summed E-state index contributed by atoms with van der Waals surface area (Å²) in [7, 11) is -6.55. The average molecular weight is 685 g/mol. The Morgan fingerprint density at radius 1 is 0.681 bits per heavy atom. The van der Waals surface area contributed by atoms with Gasteiger partial charge in [0.1, 0.15) is 24.6 Å². The quantitative estimate of drug-likeness (QED) is 0.163. The second kappa shape index (κ2) is 13.8. The number of nitrogens with zero attached hydrogens (tertiary/aromatic N) is 2. The van der Waals surface area contributed by atoms with Crippen molar-refractivity contribution in [3.05, 3.63) is 90.5 Å². The van der Waals surface area contributed by atoms with Crippen molar-refractivity contribution >= 4 is 66.2 Å². The first-order valence-corrected chi connectivity index (χ1v) is 16.3. The lowest BCUT2D eigenvalue weighted by Crippen LogP contribution is -2.37. The number of fused-ring (bicyclic) bond motifs is 1. The molecule has 0 amide bonds. The summed E-state index contributed by atoms with van der Waals surface area (Å²) in [6.45, 7) is -2.20. The number of anilines is 2. The topological polar surface area (TPSA) is 205 Å². The molecule has 0 saturated heterocycles. The molecule has 0 fully saturated rings. The molecule has 0 heterocycles. The molecule has 3 N–H and O–H groups in total. The minimum absolute atomic E-state index is 0.0197. The predicted octanol–water partition coefficient (Wildman–Crippen LogP) is 3.51. The number of hydrogen-bond donors (Lipinski definition) is 3. The van der Waals surface area contributed by atoms with E-state index in [1.54, 1.807) is 0 Å². The van der Waals surface area contributed by atoms with Gasteiger partial charge >= 0.3 is 17.9 Å². The molecule has 4 aromatic carbocycles. The minimum Gasteiger partial charge on any atom is -0.497 e. The third-order valence-electron chi connectivity index (χ3n) is 6.80. The molecule has 0 aliphatic heterocycles. The molecule has 0 unspecified atom stereocenters. The fourth-order valence-electron chi connectivity index (χ4n) is 4.71. The van der Waals surface area contributed by atoms with Crippen LogP contribution < -0.4 is 18.1 Å². The van der Waals surface area contributed by atoms with Gasteiger partial charge in [-0.1, -0.05) is 24.3 Å². The van der Waals surface area contributed by atoms with Crippen LogP contribution in [0, 0.1) is 0 Å². The molecule has 0 spiro atoms. The summed E-state index contributed by atoms with van der Waals surface area (Å²) in [5, 5.41) is 29.1. The first-order valence-electron chi connectivity index (χ1n) is 13.4. The highest BCUT2D eigenvalue weighted by Crippen LogP contribution is 2.42. The fraction of sp³-hybridized carbons (Fsp3) is 0.129. The van der Waals surface area contributed by atoms with Crippen LogP contribution in [0.5, 0.6) is 11.5 Å². The van der Waals surface area contributed by atoms with Crippen LogP contribution in [0.4, 0.5) is 11.4 Å². The normalized spacial score (nSPS) is 11.7. The molecule has 4 rings (SSSR count). The van der Waals surface area contributed by atoms with Crippen LogP contribution in [-0.4, -0.2) is 77.4 Å². The maximum absolute atomic E-state index is 14.0. The lowest BCUT2D eigenvalue weighted by molar-refractivity contribution is -0.136. The number of ether oxygens (including phenoxy) is 2. The van der Waals surface area contributed by atoms with E-state index in [4.69, 9.17) is 9.47 Å². The van der Waals surface area contributed by atoms with Crippen molar-refractivity contribution in [2.45, 2.75) is 9.79 Å². The third kappa shape index (κ3) is 7.29. The lowest BCUT2D eigenvalue weighted by Gasteiger charge is -2.29.